The number of thioether (sulfide) groups is 1. The van der Waals surface area contributed by atoms with Crippen molar-refractivity contribution in [3.8, 4) is 0 Å². The third-order valence-corrected chi connectivity index (χ3v) is 4.47. The molecule has 0 saturated heterocycles. The Morgan fingerprint density at radius 1 is 1.27 bits per heavy atom. The van der Waals surface area contributed by atoms with Crippen LogP contribution >= 0.6 is 11.8 Å². The molecule has 22 heavy (non-hydrogen) atoms. The molecule has 0 fully saturated rings. The Morgan fingerprint density at radius 3 is 2.50 bits per heavy atom. The van der Waals surface area contributed by atoms with E-state index < -0.39 is 6.04 Å². The molecular weight excluding hydrogens is 294 g/mol. The summed E-state index contributed by atoms with van der Waals surface area (Å²) in [6.45, 7) is 7.84. The second-order valence-electron chi connectivity index (χ2n) is 5.34. The van der Waals surface area contributed by atoms with E-state index in [4.69, 9.17) is 5.73 Å². The van der Waals surface area contributed by atoms with E-state index in [-0.39, 0.29) is 5.91 Å². The quantitative estimate of drug-likeness (QED) is 0.693. The van der Waals surface area contributed by atoms with Gasteiger partial charge in [-0.2, -0.15) is 11.8 Å². The largest absolute Gasteiger partial charge is 0.351 e. The maximum Gasteiger partial charge on any atom is 0.237 e. The fourth-order valence-corrected chi connectivity index (χ4v) is 2.75. The smallest absolute Gasteiger partial charge is 0.237 e. The molecule has 0 saturated carbocycles. The molecule has 0 unspecified atom stereocenters. The maximum atomic E-state index is 12.0. The molecule has 0 bridgehead atoms. The van der Waals surface area contributed by atoms with Crippen molar-refractivity contribution >= 4 is 17.7 Å². The number of amides is 1. The van der Waals surface area contributed by atoms with Gasteiger partial charge in [-0.3, -0.25) is 9.69 Å². The van der Waals surface area contributed by atoms with E-state index in [1.807, 2.05) is 18.4 Å². The molecule has 1 amide bonds. The molecule has 0 aliphatic rings. The SMILES string of the molecule is CCN(CC)Cc1ccccc1CNC(=O)[C@@H](N)CCSC. The molecule has 1 atom stereocenters. The average Bonchev–Trinajstić information content (AvgIpc) is 2.56. The van der Waals surface area contributed by atoms with Crippen LogP contribution in [0.2, 0.25) is 0 Å². The number of hydrogen-bond donors (Lipinski definition) is 2. The third-order valence-electron chi connectivity index (χ3n) is 3.83. The van der Waals surface area contributed by atoms with E-state index >= 15 is 0 Å². The number of carbonyl (C=O) groups is 1. The van der Waals surface area contributed by atoms with Gasteiger partial charge in [-0.25, -0.2) is 0 Å². The molecule has 0 heterocycles. The van der Waals surface area contributed by atoms with E-state index in [0.717, 1.165) is 25.4 Å². The molecule has 3 N–H and O–H groups in total. The van der Waals surface area contributed by atoms with Gasteiger partial charge in [0.2, 0.25) is 5.91 Å². The summed E-state index contributed by atoms with van der Waals surface area (Å²) in [7, 11) is 0. The van der Waals surface area contributed by atoms with Crippen LogP contribution in [-0.4, -0.2) is 41.9 Å². The maximum absolute atomic E-state index is 12.0. The predicted octanol–water partition coefficient (Wildman–Crippen LogP) is 2.23. The van der Waals surface area contributed by atoms with Gasteiger partial charge in [0.15, 0.2) is 0 Å². The second-order valence-corrected chi connectivity index (χ2v) is 6.32. The molecule has 1 rings (SSSR count). The minimum atomic E-state index is -0.414. The Hall–Kier alpha value is -1.04. The summed E-state index contributed by atoms with van der Waals surface area (Å²) in [5.74, 6) is 0.847. The Balaban J connectivity index is 2.60. The minimum absolute atomic E-state index is 0.0632. The van der Waals surface area contributed by atoms with Crippen molar-refractivity contribution in [2.75, 3.05) is 25.1 Å². The molecule has 1 aromatic rings. The number of rotatable bonds is 10. The number of carbonyl (C=O) groups excluding carboxylic acids is 1. The van der Waals surface area contributed by atoms with E-state index in [0.29, 0.717) is 13.0 Å². The molecule has 4 nitrogen and oxygen atoms in total. The zero-order valence-electron chi connectivity index (χ0n) is 14.0. The van der Waals surface area contributed by atoms with Crippen LogP contribution in [0.25, 0.3) is 0 Å². The van der Waals surface area contributed by atoms with Crippen molar-refractivity contribution in [2.45, 2.75) is 39.4 Å². The first-order valence-electron chi connectivity index (χ1n) is 7.93. The minimum Gasteiger partial charge on any atom is -0.351 e. The molecule has 0 spiro atoms. The van der Waals surface area contributed by atoms with Gasteiger partial charge in [0, 0.05) is 13.1 Å². The summed E-state index contributed by atoms with van der Waals surface area (Å²) >= 11 is 1.71. The molecule has 0 aliphatic heterocycles. The topological polar surface area (TPSA) is 58.4 Å². The van der Waals surface area contributed by atoms with Crippen molar-refractivity contribution in [2.24, 2.45) is 5.73 Å². The first-order valence-corrected chi connectivity index (χ1v) is 9.33. The Kier molecular flexibility index (Phi) is 9.20. The van der Waals surface area contributed by atoms with Crippen molar-refractivity contribution in [1.82, 2.24) is 10.2 Å². The van der Waals surface area contributed by atoms with Gasteiger partial charge in [-0.15, -0.1) is 0 Å². The van der Waals surface area contributed by atoms with Gasteiger partial charge in [-0.05, 0) is 42.6 Å². The molecule has 0 radical (unpaired) electrons. The van der Waals surface area contributed by atoms with Crippen molar-refractivity contribution in [3.05, 3.63) is 35.4 Å². The fourth-order valence-electron chi connectivity index (χ4n) is 2.26. The zero-order valence-corrected chi connectivity index (χ0v) is 14.8. The molecule has 5 heteroatoms. The zero-order chi connectivity index (χ0) is 16.4. The van der Waals surface area contributed by atoms with Crippen molar-refractivity contribution in [1.29, 1.82) is 0 Å². The standard InChI is InChI=1S/C17H29N3OS/c1-4-20(5-2)13-15-9-7-6-8-14(15)12-19-17(21)16(18)10-11-22-3/h6-9,16H,4-5,10-13,18H2,1-3H3,(H,19,21)/t16-/m0/s1. The van der Waals surface area contributed by atoms with Gasteiger partial charge in [0.1, 0.15) is 0 Å². The van der Waals surface area contributed by atoms with Gasteiger partial charge in [0.05, 0.1) is 6.04 Å². The summed E-state index contributed by atoms with van der Waals surface area (Å²) in [5.41, 5.74) is 8.33. The Labute approximate surface area is 138 Å². The summed E-state index contributed by atoms with van der Waals surface area (Å²) in [5, 5.41) is 2.97. The van der Waals surface area contributed by atoms with Gasteiger partial charge < -0.3 is 11.1 Å². The number of nitrogens with two attached hydrogens (primary N) is 1. The van der Waals surface area contributed by atoms with Crippen LogP contribution in [0.4, 0.5) is 0 Å². The number of benzene rings is 1. The number of nitrogens with one attached hydrogen (secondary N) is 1. The average molecular weight is 324 g/mol. The number of hydrogen-bond acceptors (Lipinski definition) is 4. The van der Waals surface area contributed by atoms with Crippen LogP contribution in [0.5, 0.6) is 0 Å². The predicted molar refractivity (Wildman–Crippen MR) is 95.9 cm³/mol. The highest BCUT2D eigenvalue weighted by atomic mass is 32.2. The summed E-state index contributed by atoms with van der Waals surface area (Å²) in [6, 6.07) is 7.86. The normalized spacial score (nSPS) is 12.4. The van der Waals surface area contributed by atoms with E-state index in [1.54, 1.807) is 11.8 Å². The summed E-state index contributed by atoms with van der Waals surface area (Å²) < 4.78 is 0. The van der Waals surface area contributed by atoms with Crippen LogP contribution in [0.1, 0.15) is 31.4 Å². The van der Waals surface area contributed by atoms with E-state index in [2.05, 4.69) is 36.2 Å². The summed E-state index contributed by atoms with van der Waals surface area (Å²) in [6.07, 6.45) is 2.74. The molecule has 0 aromatic heterocycles. The molecule has 124 valence electrons. The monoisotopic (exact) mass is 323 g/mol. The lowest BCUT2D eigenvalue weighted by Crippen LogP contribution is -2.40. The van der Waals surface area contributed by atoms with Crippen LogP contribution in [0.3, 0.4) is 0 Å². The Morgan fingerprint density at radius 2 is 1.91 bits per heavy atom. The van der Waals surface area contributed by atoms with Crippen LogP contribution < -0.4 is 11.1 Å². The van der Waals surface area contributed by atoms with Crippen LogP contribution in [0, 0.1) is 0 Å². The van der Waals surface area contributed by atoms with Crippen LogP contribution in [0.15, 0.2) is 24.3 Å². The highest BCUT2D eigenvalue weighted by Crippen LogP contribution is 2.12. The first-order chi connectivity index (χ1) is 10.6. The van der Waals surface area contributed by atoms with Crippen LogP contribution in [-0.2, 0) is 17.9 Å². The van der Waals surface area contributed by atoms with E-state index in [1.165, 1.54) is 11.1 Å². The lowest BCUT2D eigenvalue weighted by molar-refractivity contribution is -0.122. The van der Waals surface area contributed by atoms with Gasteiger partial charge in [-0.1, -0.05) is 38.1 Å². The van der Waals surface area contributed by atoms with Gasteiger partial charge >= 0.3 is 0 Å². The Bertz CT molecular complexity index is 449. The summed E-state index contributed by atoms with van der Waals surface area (Å²) in [4.78, 5) is 14.4. The lowest BCUT2D eigenvalue weighted by atomic mass is 10.1. The third kappa shape index (κ3) is 6.38. The molecule has 1 aromatic carbocycles. The number of nitrogens with zero attached hydrogens (tertiary/aromatic N) is 1. The van der Waals surface area contributed by atoms with Crippen molar-refractivity contribution < 1.29 is 4.79 Å². The molecule has 0 aliphatic carbocycles. The van der Waals surface area contributed by atoms with Crippen molar-refractivity contribution in [3.63, 3.8) is 0 Å². The molecular formula is C17H29N3OS. The first kappa shape index (κ1) is 19.0. The lowest BCUT2D eigenvalue weighted by Gasteiger charge is -2.20. The van der Waals surface area contributed by atoms with Gasteiger partial charge in [0.25, 0.3) is 0 Å². The highest BCUT2D eigenvalue weighted by Gasteiger charge is 2.13. The second kappa shape index (κ2) is 10.6. The highest BCUT2D eigenvalue weighted by molar-refractivity contribution is 7.98. The fraction of sp³-hybridized carbons (Fsp3) is 0.588. The van der Waals surface area contributed by atoms with E-state index in [9.17, 15) is 4.79 Å².